The molecule has 0 spiro atoms. The van der Waals surface area contributed by atoms with Gasteiger partial charge in [-0.15, -0.1) is 0 Å². The summed E-state index contributed by atoms with van der Waals surface area (Å²) in [6.45, 7) is 0. The summed E-state index contributed by atoms with van der Waals surface area (Å²) in [6, 6.07) is 14.5. The van der Waals surface area contributed by atoms with Crippen molar-refractivity contribution in [3.05, 3.63) is 65.2 Å². The highest BCUT2D eigenvalue weighted by Crippen LogP contribution is 2.35. The van der Waals surface area contributed by atoms with Gasteiger partial charge in [-0.05, 0) is 48.2 Å². The number of nitrogens with zero attached hydrogens (tertiary/aromatic N) is 1. The van der Waals surface area contributed by atoms with Crippen molar-refractivity contribution in [2.45, 2.75) is 18.9 Å². The third-order valence-corrected chi connectivity index (χ3v) is 4.29. The van der Waals surface area contributed by atoms with E-state index < -0.39 is 6.03 Å². The highest BCUT2D eigenvalue weighted by Gasteiger charge is 2.28. The minimum Gasteiger partial charge on any atom is -0.351 e. The van der Waals surface area contributed by atoms with E-state index in [1.54, 1.807) is 29.2 Å². The summed E-state index contributed by atoms with van der Waals surface area (Å²) >= 11 is 0. The maximum atomic E-state index is 12.7. The number of primary amides is 1. The second-order valence-electron chi connectivity index (χ2n) is 5.74. The number of hydrogen-bond acceptors (Lipinski definition) is 2. The average molecular weight is 309 g/mol. The Hall–Kier alpha value is -2.82. The third-order valence-electron chi connectivity index (χ3n) is 4.29. The Morgan fingerprint density at radius 2 is 1.83 bits per heavy atom. The van der Waals surface area contributed by atoms with E-state index in [0.717, 1.165) is 12.8 Å². The van der Waals surface area contributed by atoms with E-state index in [0.29, 0.717) is 11.3 Å². The standard InChI is InChI=1S/C18H19N3O2/c1-21(16-11-8-12-4-2-3-5-15(12)16)17(22)13-6-9-14(10-7-13)20-18(19)23/h2-7,9-10,16H,8,11H2,1H3,(H3,19,20,23). The number of carbonyl (C=O) groups is 2. The maximum Gasteiger partial charge on any atom is 0.316 e. The lowest BCUT2D eigenvalue weighted by molar-refractivity contribution is 0.0730. The molecule has 0 fully saturated rings. The molecule has 2 aromatic rings. The number of amides is 3. The fraction of sp³-hybridized carbons (Fsp3) is 0.222. The highest BCUT2D eigenvalue weighted by atomic mass is 16.2. The summed E-state index contributed by atoms with van der Waals surface area (Å²) in [5, 5.41) is 2.48. The fourth-order valence-corrected chi connectivity index (χ4v) is 3.12. The van der Waals surface area contributed by atoms with E-state index in [-0.39, 0.29) is 11.9 Å². The van der Waals surface area contributed by atoms with Crippen molar-refractivity contribution in [2.75, 3.05) is 12.4 Å². The summed E-state index contributed by atoms with van der Waals surface area (Å²) in [5.41, 5.74) is 8.78. The molecule has 0 radical (unpaired) electrons. The van der Waals surface area contributed by atoms with E-state index in [9.17, 15) is 9.59 Å². The Kier molecular flexibility index (Phi) is 4.02. The number of anilines is 1. The molecule has 5 nitrogen and oxygen atoms in total. The molecule has 0 aromatic heterocycles. The molecule has 118 valence electrons. The normalized spacial score (nSPS) is 15.8. The van der Waals surface area contributed by atoms with Crippen LogP contribution in [0.3, 0.4) is 0 Å². The molecule has 1 unspecified atom stereocenters. The van der Waals surface area contributed by atoms with Gasteiger partial charge in [0.25, 0.3) is 5.91 Å². The van der Waals surface area contributed by atoms with Crippen LogP contribution in [-0.2, 0) is 6.42 Å². The topological polar surface area (TPSA) is 75.4 Å². The second kappa shape index (κ2) is 6.12. The molecule has 0 heterocycles. The smallest absolute Gasteiger partial charge is 0.316 e. The first-order valence-electron chi connectivity index (χ1n) is 7.58. The van der Waals surface area contributed by atoms with E-state index in [4.69, 9.17) is 5.73 Å². The zero-order valence-corrected chi connectivity index (χ0v) is 13.0. The van der Waals surface area contributed by atoms with E-state index in [2.05, 4.69) is 17.4 Å². The van der Waals surface area contributed by atoms with Crippen molar-refractivity contribution >= 4 is 17.6 Å². The number of nitrogens with two attached hydrogens (primary N) is 1. The Labute approximate surface area is 135 Å². The molecule has 1 atom stereocenters. The molecule has 1 aliphatic carbocycles. The third kappa shape index (κ3) is 3.04. The van der Waals surface area contributed by atoms with Crippen molar-refractivity contribution in [3.8, 4) is 0 Å². The lowest BCUT2D eigenvalue weighted by Gasteiger charge is -2.25. The molecule has 0 saturated heterocycles. The molecule has 1 aliphatic rings. The van der Waals surface area contributed by atoms with Crippen LogP contribution >= 0.6 is 0 Å². The van der Waals surface area contributed by atoms with Crippen LogP contribution in [0.5, 0.6) is 0 Å². The molecular weight excluding hydrogens is 290 g/mol. The number of urea groups is 1. The summed E-state index contributed by atoms with van der Waals surface area (Å²) in [6.07, 6.45) is 1.95. The molecule has 23 heavy (non-hydrogen) atoms. The van der Waals surface area contributed by atoms with Crippen molar-refractivity contribution < 1.29 is 9.59 Å². The van der Waals surface area contributed by atoms with Crippen LogP contribution in [0.4, 0.5) is 10.5 Å². The second-order valence-corrected chi connectivity index (χ2v) is 5.74. The van der Waals surface area contributed by atoms with Crippen LogP contribution in [-0.4, -0.2) is 23.9 Å². The molecule has 0 saturated carbocycles. The molecule has 0 aliphatic heterocycles. The molecule has 5 heteroatoms. The van der Waals surface area contributed by atoms with E-state index >= 15 is 0 Å². The van der Waals surface area contributed by atoms with Gasteiger partial charge in [0.1, 0.15) is 0 Å². The predicted molar refractivity (Wildman–Crippen MR) is 89.2 cm³/mol. The fourth-order valence-electron chi connectivity index (χ4n) is 3.12. The average Bonchev–Trinajstić information content (AvgIpc) is 2.97. The number of fused-ring (bicyclic) bond motifs is 1. The van der Waals surface area contributed by atoms with Gasteiger partial charge < -0.3 is 16.0 Å². The SMILES string of the molecule is CN(C(=O)c1ccc(NC(N)=O)cc1)C1CCc2ccccc21. The summed E-state index contributed by atoms with van der Waals surface area (Å²) in [4.78, 5) is 25.3. The molecule has 3 amide bonds. The van der Waals surface area contributed by atoms with Gasteiger partial charge in [0.05, 0.1) is 6.04 Å². The van der Waals surface area contributed by atoms with Crippen molar-refractivity contribution in [1.29, 1.82) is 0 Å². The summed E-state index contributed by atoms with van der Waals surface area (Å²) < 4.78 is 0. The Morgan fingerprint density at radius 3 is 2.52 bits per heavy atom. The van der Waals surface area contributed by atoms with Crippen LogP contribution in [0.25, 0.3) is 0 Å². The number of benzene rings is 2. The highest BCUT2D eigenvalue weighted by molar-refractivity contribution is 5.95. The van der Waals surface area contributed by atoms with Gasteiger partial charge in [0.2, 0.25) is 0 Å². The van der Waals surface area contributed by atoms with Crippen molar-refractivity contribution in [2.24, 2.45) is 5.73 Å². The van der Waals surface area contributed by atoms with Gasteiger partial charge in [-0.3, -0.25) is 4.79 Å². The zero-order valence-electron chi connectivity index (χ0n) is 13.0. The Morgan fingerprint density at radius 1 is 1.13 bits per heavy atom. The first-order chi connectivity index (χ1) is 11.1. The van der Waals surface area contributed by atoms with E-state index in [1.165, 1.54) is 11.1 Å². The van der Waals surface area contributed by atoms with Gasteiger partial charge >= 0.3 is 6.03 Å². The lowest BCUT2D eigenvalue weighted by atomic mass is 10.1. The maximum absolute atomic E-state index is 12.7. The summed E-state index contributed by atoms with van der Waals surface area (Å²) in [7, 11) is 1.84. The van der Waals surface area contributed by atoms with Crippen LogP contribution in [0.15, 0.2) is 48.5 Å². The quantitative estimate of drug-likeness (QED) is 0.914. The zero-order chi connectivity index (χ0) is 16.4. The van der Waals surface area contributed by atoms with E-state index in [1.807, 2.05) is 19.2 Å². The largest absolute Gasteiger partial charge is 0.351 e. The van der Waals surface area contributed by atoms with Crippen molar-refractivity contribution in [3.63, 3.8) is 0 Å². The number of aryl methyl sites for hydroxylation is 1. The Balaban J connectivity index is 1.77. The number of nitrogens with one attached hydrogen (secondary N) is 1. The van der Waals surface area contributed by atoms with Gasteiger partial charge in [-0.2, -0.15) is 0 Å². The predicted octanol–water partition coefficient (Wildman–Crippen LogP) is 2.94. The first-order valence-corrected chi connectivity index (χ1v) is 7.58. The Bertz CT molecular complexity index is 740. The summed E-state index contributed by atoms with van der Waals surface area (Å²) in [5.74, 6) is -0.0303. The molecule has 3 rings (SSSR count). The molecule has 3 N–H and O–H groups in total. The minimum absolute atomic E-state index is 0.0303. The van der Waals surface area contributed by atoms with Gasteiger partial charge in [0, 0.05) is 18.3 Å². The molecular formula is C18H19N3O2. The monoisotopic (exact) mass is 309 g/mol. The van der Waals surface area contributed by atoms with Crippen LogP contribution < -0.4 is 11.1 Å². The van der Waals surface area contributed by atoms with Gasteiger partial charge in [0.15, 0.2) is 0 Å². The van der Waals surface area contributed by atoms with Crippen LogP contribution in [0, 0.1) is 0 Å². The minimum atomic E-state index is -0.622. The number of rotatable bonds is 3. The van der Waals surface area contributed by atoms with Crippen molar-refractivity contribution in [1.82, 2.24) is 4.90 Å². The first kappa shape index (κ1) is 15.1. The van der Waals surface area contributed by atoms with Gasteiger partial charge in [-0.1, -0.05) is 24.3 Å². The molecule has 2 aromatic carbocycles. The lowest BCUT2D eigenvalue weighted by Crippen LogP contribution is -2.30. The number of hydrogen-bond donors (Lipinski definition) is 2. The van der Waals surface area contributed by atoms with Crippen LogP contribution in [0.2, 0.25) is 0 Å². The van der Waals surface area contributed by atoms with Crippen LogP contribution in [0.1, 0.15) is 33.9 Å². The van der Waals surface area contributed by atoms with Gasteiger partial charge in [-0.25, -0.2) is 4.79 Å². The molecule has 0 bridgehead atoms. The number of carbonyl (C=O) groups excluding carboxylic acids is 2.